The lowest BCUT2D eigenvalue weighted by atomic mass is 9.47. The maximum absolute atomic E-state index is 10.2. The van der Waals surface area contributed by atoms with Crippen molar-refractivity contribution in [3.05, 3.63) is 60.2 Å². The zero-order valence-corrected chi connectivity index (χ0v) is 18.7. The first-order valence-corrected chi connectivity index (χ1v) is 12.1. The Labute approximate surface area is 185 Å². The third-order valence-electron chi connectivity index (χ3n) is 9.46. The number of fused-ring (bicyclic) bond motifs is 5. The standard InChI is InChI=1S/C28H33NO2/c1-27-14-12-20(30)16-19(27)8-9-21-22-10-11-24(28(22,2)15-13-23(21)27)26-29-25(17-31-26)18-6-4-3-5-7-18/h3-8,11,17,20-23,30H,9-10,12-16H2,1-2H3/t20-,21-,22-,23-,27-,28-/m0/s1. The largest absolute Gasteiger partial charge is 0.444 e. The van der Waals surface area contributed by atoms with E-state index in [9.17, 15) is 5.11 Å². The number of aliphatic hydroxyl groups excluding tert-OH is 1. The first kappa shape index (κ1) is 19.5. The van der Waals surface area contributed by atoms with Gasteiger partial charge in [0.2, 0.25) is 5.89 Å². The molecule has 1 aromatic carbocycles. The van der Waals surface area contributed by atoms with Crippen LogP contribution < -0.4 is 0 Å². The summed E-state index contributed by atoms with van der Waals surface area (Å²) in [5.74, 6) is 2.95. The smallest absolute Gasteiger partial charge is 0.222 e. The molecule has 31 heavy (non-hydrogen) atoms. The Bertz CT molecular complexity index is 1050. The molecule has 2 aromatic rings. The van der Waals surface area contributed by atoms with Crippen LogP contribution in [0.2, 0.25) is 0 Å². The third-order valence-corrected chi connectivity index (χ3v) is 9.46. The van der Waals surface area contributed by atoms with E-state index in [1.54, 1.807) is 5.57 Å². The Kier molecular flexibility index (Phi) is 4.37. The van der Waals surface area contributed by atoms with Crippen LogP contribution in [0.15, 0.2) is 58.7 Å². The zero-order valence-electron chi connectivity index (χ0n) is 18.7. The van der Waals surface area contributed by atoms with Crippen molar-refractivity contribution in [2.45, 2.75) is 64.9 Å². The van der Waals surface area contributed by atoms with Gasteiger partial charge in [-0.2, -0.15) is 0 Å². The van der Waals surface area contributed by atoms with Crippen LogP contribution >= 0.6 is 0 Å². The molecule has 2 saturated carbocycles. The van der Waals surface area contributed by atoms with E-state index in [0.717, 1.165) is 54.7 Å². The predicted octanol–water partition coefficient (Wildman–Crippen LogP) is 6.66. The Morgan fingerprint density at radius 2 is 1.77 bits per heavy atom. The maximum Gasteiger partial charge on any atom is 0.222 e. The summed E-state index contributed by atoms with van der Waals surface area (Å²) in [5.41, 5.74) is 5.35. The number of oxazole rings is 1. The Morgan fingerprint density at radius 1 is 0.968 bits per heavy atom. The number of hydrogen-bond donors (Lipinski definition) is 1. The number of aromatic nitrogens is 1. The van der Waals surface area contributed by atoms with E-state index in [-0.39, 0.29) is 16.9 Å². The van der Waals surface area contributed by atoms with E-state index in [1.165, 1.54) is 24.8 Å². The fourth-order valence-corrected chi connectivity index (χ4v) is 7.68. The number of rotatable bonds is 2. The number of allylic oxidation sites excluding steroid dienone is 3. The van der Waals surface area contributed by atoms with Gasteiger partial charge in [0.1, 0.15) is 12.0 Å². The van der Waals surface area contributed by atoms with Crippen LogP contribution in [-0.2, 0) is 0 Å². The highest BCUT2D eigenvalue weighted by Gasteiger charge is 2.57. The number of nitrogens with zero attached hydrogens (tertiary/aromatic N) is 1. The molecule has 0 amide bonds. The second-order valence-corrected chi connectivity index (χ2v) is 10.9. The predicted molar refractivity (Wildman–Crippen MR) is 123 cm³/mol. The lowest BCUT2D eigenvalue weighted by molar-refractivity contribution is -0.0241. The molecular formula is C28H33NO2. The van der Waals surface area contributed by atoms with Crippen LogP contribution in [-0.4, -0.2) is 16.2 Å². The van der Waals surface area contributed by atoms with Gasteiger partial charge in [-0.15, -0.1) is 0 Å². The number of aliphatic hydroxyl groups is 1. The Balaban J connectivity index is 1.29. The van der Waals surface area contributed by atoms with E-state index >= 15 is 0 Å². The fourth-order valence-electron chi connectivity index (χ4n) is 7.68. The van der Waals surface area contributed by atoms with Gasteiger partial charge in [-0.1, -0.05) is 61.9 Å². The molecule has 6 rings (SSSR count). The summed E-state index contributed by atoms with van der Waals surface area (Å²) in [7, 11) is 0. The minimum Gasteiger partial charge on any atom is -0.444 e. The highest BCUT2D eigenvalue weighted by molar-refractivity contribution is 5.70. The highest BCUT2D eigenvalue weighted by Crippen LogP contribution is 2.66. The molecule has 4 aliphatic carbocycles. The van der Waals surface area contributed by atoms with Crippen LogP contribution in [0.1, 0.15) is 64.7 Å². The summed E-state index contributed by atoms with van der Waals surface area (Å²) in [4.78, 5) is 4.92. The summed E-state index contributed by atoms with van der Waals surface area (Å²) in [6.45, 7) is 4.96. The monoisotopic (exact) mass is 415 g/mol. The van der Waals surface area contributed by atoms with E-state index < -0.39 is 0 Å². The van der Waals surface area contributed by atoms with Gasteiger partial charge in [0, 0.05) is 16.6 Å². The molecule has 1 heterocycles. The summed E-state index contributed by atoms with van der Waals surface area (Å²) in [6, 6.07) is 10.3. The lowest BCUT2D eigenvalue weighted by Crippen LogP contribution is -2.49. The lowest BCUT2D eigenvalue weighted by Gasteiger charge is -2.57. The summed E-state index contributed by atoms with van der Waals surface area (Å²) in [6.07, 6.45) is 14.4. The van der Waals surface area contributed by atoms with Gasteiger partial charge in [0.25, 0.3) is 0 Å². The summed E-state index contributed by atoms with van der Waals surface area (Å²) < 4.78 is 6.05. The van der Waals surface area contributed by atoms with Gasteiger partial charge in [-0.25, -0.2) is 4.98 Å². The van der Waals surface area contributed by atoms with E-state index in [0.29, 0.717) is 5.92 Å². The molecule has 0 saturated heterocycles. The van der Waals surface area contributed by atoms with Gasteiger partial charge in [-0.3, -0.25) is 0 Å². The normalized spacial score (nSPS) is 39.2. The maximum atomic E-state index is 10.2. The van der Waals surface area contributed by atoms with Crippen molar-refractivity contribution in [1.29, 1.82) is 0 Å². The Hall–Kier alpha value is -2.13. The van der Waals surface area contributed by atoms with Crippen LogP contribution in [0.25, 0.3) is 16.8 Å². The molecule has 3 heteroatoms. The van der Waals surface area contributed by atoms with Crippen molar-refractivity contribution in [2.75, 3.05) is 0 Å². The number of hydrogen-bond acceptors (Lipinski definition) is 3. The minimum absolute atomic E-state index is 0.131. The molecule has 1 N–H and O–H groups in total. The van der Waals surface area contributed by atoms with Crippen LogP contribution in [0, 0.1) is 28.6 Å². The van der Waals surface area contributed by atoms with Crippen molar-refractivity contribution in [3.63, 3.8) is 0 Å². The van der Waals surface area contributed by atoms with Crippen molar-refractivity contribution >= 4 is 5.57 Å². The molecule has 6 atom stereocenters. The van der Waals surface area contributed by atoms with Crippen molar-refractivity contribution in [1.82, 2.24) is 4.98 Å². The van der Waals surface area contributed by atoms with Gasteiger partial charge in [-0.05, 0) is 68.1 Å². The third kappa shape index (κ3) is 2.85. The first-order valence-electron chi connectivity index (χ1n) is 12.1. The topological polar surface area (TPSA) is 46.3 Å². The summed E-state index contributed by atoms with van der Waals surface area (Å²) >= 11 is 0. The molecule has 0 radical (unpaired) electrons. The summed E-state index contributed by atoms with van der Waals surface area (Å²) in [5, 5.41) is 10.2. The van der Waals surface area contributed by atoms with Crippen molar-refractivity contribution in [3.8, 4) is 11.3 Å². The molecule has 3 nitrogen and oxygen atoms in total. The SMILES string of the molecule is C[C@]12CC[C@H](O)CC1=CC[C@@H]1[C@@H]2CC[C@]2(C)C(c3nc(-c4ccccc4)co3)=CC[C@@H]12. The molecule has 0 bridgehead atoms. The second kappa shape index (κ2) is 6.93. The molecule has 2 fully saturated rings. The molecule has 0 spiro atoms. The van der Waals surface area contributed by atoms with Gasteiger partial charge in [0.15, 0.2) is 0 Å². The number of benzene rings is 1. The zero-order chi connectivity index (χ0) is 21.2. The molecule has 1 aromatic heterocycles. The molecule has 0 aliphatic heterocycles. The Morgan fingerprint density at radius 3 is 2.61 bits per heavy atom. The van der Waals surface area contributed by atoms with E-state index in [1.807, 2.05) is 24.5 Å². The second-order valence-electron chi connectivity index (χ2n) is 10.9. The van der Waals surface area contributed by atoms with Gasteiger partial charge < -0.3 is 9.52 Å². The molecular weight excluding hydrogens is 382 g/mol. The van der Waals surface area contributed by atoms with Crippen LogP contribution in [0.5, 0.6) is 0 Å². The average molecular weight is 416 g/mol. The van der Waals surface area contributed by atoms with Gasteiger partial charge in [0.05, 0.1) is 6.10 Å². The molecule has 162 valence electrons. The molecule has 0 unspecified atom stereocenters. The highest BCUT2D eigenvalue weighted by atomic mass is 16.3. The van der Waals surface area contributed by atoms with Crippen molar-refractivity contribution < 1.29 is 9.52 Å². The van der Waals surface area contributed by atoms with E-state index in [4.69, 9.17) is 9.40 Å². The average Bonchev–Trinajstić information content (AvgIpc) is 3.39. The van der Waals surface area contributed by atoms with Crippen LogP contribution in [0.3, 0.4) is 0 Å². The molecule has 4 aliphatic rings. The van der Waals surface area contributed by atoms with E-state index in [2.05, 4.69) is 38.1 Å². The first-order chi connectivity index (χ1) is 15.0. The minimum atomic E-state index is -0.131. The van der Waals surface area contributed by atoms with Gasteiger partial charge >= 0.3 is 0 Å². The van der Waals surface area contributed by atoms with Crippen molar-refractivity contribution in [2.24, 2.45) is 28.6 Å². The quantitative estimate of drug-likeness (QED) is 0.558. The fraction of sp³-hybridized carbons (Fsp3) is 0.536. The van der Waals surface area contributed by atoms with Crippen LogP contribution in [0.4, 0.5) is 0 Å².